The number of aromatic nitrogens is 6. The number of ether oxygens (including phenoxy) is 1. The number of rotatable bonds is 4. The summed E-state index contributed by atoms with van der Waals surface area (Å²) in [6.45, 7) is 4.30. The van der Waals surface area contributed by atoms with Crippen LogP contribution < -0.4 is 5.73 Å². The van der Waals surface area contributed by atoms with E-state index in [-0.39, 0.29) is 29.3 Å². The molecule has 1 amide bonds. The second-order valence-electron chi connectivity index (χ2n) is 8.89. The smallest absolute Gasteiger partial charge is 0.383 e. The Morgan fingerprint density at radius 2 is 2.11 bits per heavy atom. The average molecular weight is 525 g/mol. The summed E-state index contributed by atoms with van der Waals surface area (Å²) in [5.74, 6) is 4.90. The Labute approximate surface area is 214 Å². The lowest BCUT2D eigenvalue weighted by atomic mass is 10.2. The number of nitrogen functional groups attached to an aromatic ring is 1. The molecule has 0 saturated carbocycles. The fourth-order valence-electron chi connectivity index (χ4n) is 4.81. The van der Waals surface area contributed by atoms with Crippen LogP contribution in [0, 0.1) is 11.8 Å². The number of methoxy groups -OCH3 is 1. The van der Waals surface area contributed by atoms with Gasteiger partial charge in [-0.1, -0.05) is 12.5 Å². The number of imidazole rings is 1. The normalized spacial score (nSPS) is 17.7. The summed E-state index contributed by atoms with van der Waals surface area (Å²) in [6, 6.07) is 4.24. The first-order valence-electron chi connectivity index (χ1n) is 11.6. The zero-order chi connectivity index (χ0) is 27.2. The van der Waals surface area contributed by atoms with Crippen LogP contribution in [0.4, 0.5) is 19.0 Å². The fraction of sp³-hybridized carbons (Fsp3) is 0.320. The zero-order valence-electron chi connectivity index (χ0n) is 20.5. The third kappa shape index (κ3) is 4.32. The highest BCUT2D eigenvalue weighted by molar-refractivity contribution is 5.91. The van der Waals surface area contributed by atoms with Crippen molar-refractivity contribution in [2.24, 2.45) is 7.05 Å². The van der Waals surface area contributed by atoms with Crippen LogP contribution in [0.1, 0.15) is 29.5 Å². The molecule has 2 atom stereocenters. The number of carbonyl (C=O) groups excluding carboxylic acids is 1. The van der Waals surface area contributed by atoms with E-state index in [1.165, 1.54) is 31.6 Å². The molecule has 0 aliphatic carbocycles. The van der Waals surface area contributed by atoms with Gasteiger partial charge in [-0.15, -0.1) is 0 Å². The Kier molecular flexibility index (Phi) is 6.28. The second kappa shape index (κ2) is 9.46. The van der Waals surface area contributed by atoms with E-state index in [0.717, 1.165) is 4.57 Å². The molecule has 1 saturated heterocycles. The van der Waals surface area contributed by atoms with Crippen molar-refractivity contribution in [3.05, 3.63) is 54.3 Å². The third-order valence-electron chi connectivity index (χ3n) is 6.53. The van der Waals surface area contributed by atoms with Crippen LogP contribution in [-0.4, -0.2) is 66.4 Å². The highest BCUT2D eigenvalue weighted by Gasteiger charge is 2.38. The summed E-state index contributed by atoms with van der Waals surface area (Å²) in [4.78, 5) is 26.3. The lowest BCUT2D eigenvalue weighted by molar-refractivity contribution is -0.146. The van der Waals surface area contributed by atoms with Gasteiger partial charge in [0, 0.05) is 26.3 Å². The topological polar surface area (TPSA) is 117 Å². The Hall–Kier alpha value is -4.44. The zero-order valence-corrected chi connectivity index (χ0v) is 20.5. The number of hydrogen-bond donors (Lipinski definition) is 1. The van der Waals surface area contributed by atoms with Gasteiger partial charge in [0.15, 0.2) is 5.65 Å². The van der Waals surface area contributed by atoms with Crippen molar-refractivity contribution < 1.29 is 22.7 Å². The van der Waals surface area contributed by atoms with E-state index < -0.39 is 12.0 Å². The van der Waals surface area contributed by atoms with Crippen molar-refractivity contribution >= 4 is 33.8 Å². The van der Waals surface area contributed by atoms with Crippen LogP contribution in [0.5, 0.6) is 0 Å². The lowest BCUT2D eigenvalue weighted by Crippen LogP contribution is -2.37. The van der Waals surface area contributed by atoms with Gasteiger partial charge in [-0.2, -0.15) is 18.3 Å². The van der Waals surface area contributed by atoms with E-state index in [2.05, 4.69) is 38.5 Å². The summed E-state index contributed by atoms with van der Waals surface area (Å²) >= 11 is 0. The minimum atomic E-state index is -4.57. The summed E-state index contributed by atoms with van der Waals surface area (Å²) in [7, 11) is 2.88. The van der Waals surface area contributed by atoms with Crippen LogP contribution >= 0.6 is 0 Å². The molecule has 3 aromatic heterocycles. The molecule has 1 fully saturated rings. The quantitative estimate of drug-likeness (QED) is 0.322. The second-order valence-corrected chi connectivity index (χ2v) is 8.89. The molecule has 4 aromatic rings. The van der Waals surface area contributed by atoms with E-state index >= 15 is 0 Å². The Morgan fingerprint density at radius 3 is 2.82 bits per heavy atom. The maximum Gasteiger partial charge on any atom is 0.449 e. The summed E-state index contributed by atoms with van der Waals surface area (Å²) in [5, 5.41) is 5.12. The van der Waals surface area contributed by atoms with Crippen LogP contribution in [-0.2, 0) is 22.8 Å². The van der Waals surface area contributed by atoms with Crippen molar-refractivity contribution in [2.45, 2.75) is 24.7 Å². The number of nitrogens with zero attached hydrogens (tertiary/aromatic N) is 7. The maximum atomic E-state index is 13.3. The predicted octanol–water partition coefficient (Wildman–Crippen LogP) is 2.69. The van der Waals surface area contributed by atoms with Crippen LogP contribution in [0.15, 0.2) is 37.2 Å². The Balaban J connectivity index is 1.54. The number of amides is 1. The summed E-state index contributed by atoms with van der Waals surface area (Å²) in [6.07, 6.45) is -1.41. The molecule has 5 rings (SSSR count). The largest absolute Gasteiger partial charge is 0.449 e. The SMILES string of the molecule is C=CC(=O)N1CC(n2nc(C#Cc3ccc4c(c3)nc(C(F)(F)F)n4C)c3c(N)ncnc32)C[C@@H]1COC. The number of halogens is 3. The van der Waals surface area contributed by atoms with Crippen LogP contribution in [0.2, 0.25) is 0 Å². The highest BCUT2D eigenvalue weighted by Crippen LogP contribution is 2.33. The van der Waals surface area contributed by atoms with Crippen molar-refractivity contribution in [2.75, 3.05) is 26.0 Å². The molecule has 1 aliphatic heterocycles. The van der Waals surface area contributed by atoms with Crippen molar-refractivity contribution in [3.8, 4) is 11.8 Å². The number of carbonyl (C=O) groups is 1. The van der Waals surface area contributed by atoms with Crippen LogP contribution in [0.25, 0.3) is 22.1 Å². The molecule has 0 bridgehead atoms. The molecule has 0 radical (unpaired) electrons. The van der Waals surface area contributed by atoms with Crippen molar-refractivity contribution in [3.63, 3.8) is 0 Å². The standard InChI is InChI=1S/C25H23F3N8O2/c1-4-20(37)35-11-15(10-16(35)12-38-3)36-23-21(22(29)30-13-31-23)17(33-36)7-5-14-6-8-19-18(9-14)32-24(34(19)2)25(26,27)28/h4,6,8-9,13,15-16H,1,10-12H2,2-3H3,(H2,29,30,31)/t15?,16-/m1/s1. The van der Waals surface area contributed by atoms with Crippen molar-refractivity contribution in [1.29, 1.82) is 0 Å². The number of alkyl halides is 3. The molecule has 1 unspecified atom stereocenters. The summed E-state index contributed by atoms with van der Waals surface area (Å²) in [5.41, 5.74) is 7.89. The predicted molar refractivity (Wildman–Crippen MR) is 133 cm³/mol. The molecule has 38 heavy (non-hydrogen) atoms. The van der Waals surface area contributed by atoms with Gasteiger partial charge in [-0.25, -0.2) is 19.6 Å². The number of fused-ring (bicyclic) bond motifs is 2. The lowest BCUT2D eigenvalue weighted by Gasteiger charge is -2.22. The van der Waals surface area contributed by atoms with Gasteiger partial charge >= 0.3 is 6.18 Å². The molecular formula is C25H23F3N8O2. The first kappa shape index (κ1) is 25.2. The van der Waals surface area contributed by atoms with Gasteiger partial charge in [-0.05, 0) is 36.6 Å². The minimum absolute atomic E-state index is 0.171. The number of hydrogen-bond acceptors (Lipinski definition) is 7. The van der Waals surface area contributed by atoms with Gasteiger partial charge in [0.25, 0.3) is 0 Å². The molecule has 1 aliphatic rings. The maximum absolute atomic E-state index is 13.3. The highest BCUT2D eigenvalue weighted by atomic mass is 19.4. The average Bonchev–Trinajstić information content (AvgIpc) is 3.56. The molecule has 2 N–H and O–H groups in total. The van der Waals surface area contributed by atoms with E-state index in [1.54, 1.807) is 22.8 Å². The molecular weight excluding hydrogens is 501 g/mol. The number of aryl methyl sites for hydroxylation is 1. The van der Waals surface area contributed by atoms with Gasteiger partial charge in [0.2, 0.25) is 11.7 Å². The first-order chi connectivity index (χ1) is 18.1. The van der Waals surface area contributed by atoms with Gasteiger partial charge in [0.05, 0.1) is 35.1 Å². The van der Waals surface area contributed by atoms with E-state index in [1.807, 2.05) is 0 Å². The molecule has 0 spiro atoms. The number of anilines is 1. The van der Waals surface area contributed by atoms with E-state index in [4.69, 9.17) is 10.5 Å². The monoisotopic (exact) mass is 524 g/mol. The van der Waals surface area contributed by atoms with Gasteiger partial charge in [0.1, 0.15) is 17.8 Å². The molecule has 196 valence electrons. The minimum Gasteiger partial charge on any atom is -0.383 e. The van der Waals surface area contributed by atoms with Gasteiger partial charge in [-0.3, -0.25) is 4.79 Å². The van der Waals surface area contributed by atoms with Crippen LogP contribution in [0.3, 0.4) is 0 Å². The Bertz CT molecular complexity index is 1630. The number of benzene rings is 1. The molecule has 1 aromatic carbocycles. The van der Waals surface area contributed by atoms with Gasteiger partial charge < -0.3 is 19.9 Å². The molecule has 4 heterocycles. The van der Waals surface area contributed by atoms with Crippen molar-refractivity contribution in [1.82, 2.24) is 34.2 Å². The van der Waals surface area contributed by atoms with E-state index in [9.17, 15) is 18.0 Å². The molecule has 13 heteroatoms. The number of likely N-dealkylation sites (tertiary alicyclic amines) is 1. The third-order valence-corrected chi connectivity index (χ3v) is 6.53. The first-order valence-corrected chi connectivity index (χ1v) is 11.6. The number of nitrogens with two attached hydrogens (primary N) is 1. The fourth-order valence-corrected chi connectivity index (χ4v) is 4.81. The molecule has 10 nitrogen and oxygen atoms in total. The summed E-state index contributed by atoms with van der Waals surface area (Å²) < 4.78 is 47.7. The Morgan fingerprint density at radius 1 is 1.32 bits per heavy atom. The van der Waals surface area contributed by atoms with E-state index in [0.29, 0.717) is 47.4 Å².